The van der Waals surface area contributed by atoms with Gasteiger partial charge in [0.2, 0.25) is 0 Å². The van der Waals surface area contributed by atoms with Crippen LogP contribution in [-0.4, -0.2) is 23.2 Å². The van der Waals surface area contributed by atoms with Crippen LogP contribution in [0.5, 0.6) is 0 Å². The van der Waals surface area contributed by atoms with E-state index in [0.29, 0.717) is 24.1 Å². The highest BCUT2D eigenvalue weighted by Crippen LogP contribution is 2.44. The third-order valence-electron chi connectivity index (χ3n) is 4.60. The molecule has 1 fully saturated rings. The predicted octanol–water partition coefficient (Wildman–Crippen LogP) is 2.68. The lowest BCUT2D eigenvalue weighted by molar-refractivity contribution is -0.148. The molecule has 0 aliphatic heterocycles. The average Bonchev–Trinajstić information content (AvgIpc) is 2.57. The van der Waals surface area contributed by atoms with Crippen molar-refractivity contribution in [1.82, 2.24) is 5.32 Å². The Balaban J connectivity index is 1.55. The molecule has 0 spiro atoms. The van der Waals surface area contributed by atoms with Crippen LogP contribution in [0.4, 0.5) is 10.5 Å². The van der Waals surface area contributed by atoms with Gasteiger partial charge in [-0.05, 0) is 36.1 Å². The summed E-state index contributed by atoms with van der Waals surface area (Å²) in [6.07, 6.45) is 0.115. The normalized spacial score (nSPS) is 21.8. The maximum Gasteiger partial charge on any atom is 0.407 e. The van der Waals surface area contributed by atoms with Crippen LogP contribution in [0.15, 0.2) is 54.6 Å². The highest BCUT2D eigenvalue weighted by Gasteiger charge is 2.52. The largest absolute Gasteiger partial charge is 0.481 e. The Labute approximate surface area is 145 Å². The van der Waals surface area contributed by atoms with E-state index in [1.54, 1.807) is 24.3 Å². The molecule has 130 valence electrons. The third kappa shape index (κ3) is 3.57. The van der Waals surface area contributed by atoms with E-state index in [-0.39, 0.29) is 12.6 Å². The minimum Gasteiger partial charge on any atom is -0.481 e. The summed E-state index contributed by atoms with van der Waals surface area (Å²) in [5, 5.41) is 12.4. The van der Waals surface area contributed by atoms with Crippen LogP contribution < -0.4 is 11.1 Å². The zero-order valence-corrected chi connectivity index (χ0v) is 13.6. The Morgan fingerprint density at radius 3 is 2.36 bits per heavy atom. The van der Waals surface area contributed by atoms with Crippen molar-refractivity contribution in [3.63, 3.8) is 0 Å². The number of anilines is 1. The molecule has 1 aliphatic carbocycles. The maximum atomic E-state index is 11.9. The van der Waals surface area contributed by atoms with Crippen molar-refractivity contribution in [2.24, 2.45) is 0 Å². The van der Waals surface area contributed by atoms with Crippen LogP contribution in [0.25, 0.3) is 0 Å². The number of benzene rings is 2. The molecule has 0 atom stereocenters. The van der Waals surface area contributed by atoms with E-state index >= 15 is 0 Å². The molecule has 0 radical (unpaired) electrons. The molecule has 0 unspecified atom stereocenters. The van der Waals surface area contributed by atoms with Crippen molar-refractivity contribution in [1.29, 1.82) is 0 Å². The topological polar surface area (TPSA) is 102 Å². The van der Waals surface area contributed by atoms with Crippen molar-refractivity contribution in [2.75, 3.05) is 5.73 Å². The number of nitrogens with two attached hydrogens (primary N) is 1. The van der Waals surface area contributed by atoms with Gasteiger partial charge in [-0.25, -0.2) is 4.79 Å². The van der Waals surface area contributed by atoms with Gasteiger partial charge in [-0.3, -0.25) is 4.79 Å². The molecule has 0 saturated heterocycles. The van der Waals surface area contributed by atoms with E-state index in [1.165, 1.54) is 0 Å². The molecule has 0 aromatic heterocycles. The first-order chi connectivity index (χ1) is 12.0. The van der Waals surface area contributed by atoms with Crippen LogP contribution in [0.3, 0.4) is 0 Å². The van der Waals surface area contributed by atoms with Gasteiger partial charge in [0.25, 0.3) is 0 Å². The van der Waals surface area contributed by atoms with E-state index in [1.807, 2.05) is 30.3 Å². The number of carboxylic acids is 1. The van der Waals surface area contributed by atoms with Gasteiger partial charge in [0, 0.05) is 11.7 Å². The van der Waals surface area contributed by atoms with Crippen LogP contribution in [-0.2, 0) is 21.6 Å². The number of nitrogen functional groups attached to an aromatic ring is 1. The Bertz CT molecular complexity index is 753. The average molecular weight is 340 g/mol. The molecule has 0 bridgehead atoms. The first-order valence-corrected chi connectivity index (χ1v) is 8.06. The smallest absolute Gasteiger partial charge is 0.407 e. The second-order valence-corrected chi connectivity index (χ2v) is 6.32. The Hall–Kier alpha value is -3.02. The van der Waals surface area contributed by atoms with Crippen molar-refractivity contribution in [3.8, 4) is 0 Å². The number of carboxylic acid groups (broad SMARTS) is 1. The van der Waals surface area contributed by atoms with E-state index < -0.39 is 17.5 Å². The molecule has 2 aromatic rings. The maximum absolute atomic E-state index is 11.9. The fourth-order valence-corrected chi connectivity index (χ4v) is 3.15. The number of amides is 1. The van der Waals surface area contributed by atoms with Gasteiger partial charge in [-0.2, -0.15) is 0 Å². The number of hydrogen-bond acceptors (Lipinski definition) is 4. The molecule has 6 heteroatoms. The highest BCUT2D eigenvalue weighted by molar-refractivity contribution is 5.84. The van der Waals surface area contributed by atoms with Crippen LogP contribution in [0.1, 0.15) is 24.0 Å². The second kappa shape index (κ2) is 6.84. The summed E-state index contributed by atoms with van der Waals surface area (Å²) < 4.78 is 5.17. The van der Waals surface area contributed by atoms with Gasteiger partial charge in [-0.1, -0.05) is 42.5 Å². The van der Waals surface area contributed by atoms with Crippen molar-refractivity contribution >= 4 is 17.7 Å². The van der Waals surface area contributed by atoms with Gasteiger partial charge >= 0.3 is 12.1 Å². The number of rotatable bonds is 5. The van der Waals surface area contributed by atoms with Crippen molar-refractivity contribution < 1.29 is 19.4 Å². The van der Waals surface area contributed by atoms with Crippen LogP contribution >= 0.6 is 0 Å². The summed E-state index contributed by atoms with van der Waals surface area (Å²) >= 11 is 0. The lowest BCUT2D eigenvalue weighted by Crippen LogP contribution is -2.57. The van der Waals surface area contributed by atoms with Crippen molar-refractivity contribution in [2.45, 2.75) is 30.9 Å². The molecular weight excluding hydrogens is 320 g/mol. The van der Waals surface area contributed by atoms with E-state index in [9.17, 15) is 14.7 Å². The number of aliphatic carboxylic acids is 1. The quantitative estimate of drug-likeness (QED) is 0.726. The fourth-order valence-electron chi connectivity index (χ4n) is 3.15. The summed E-state index contributed by atoms with van der Waals surface area (Å²) in [5.41, 5.74) is 6.86. The van der Waals surface area contributed by atoms with Gasteiger partial charge in [0.1, 0.15) is 6.61 Å². The number of nitrogens with one attached hydrogen (secondary N) is 1. The molecule has 25 heavy (non-hydrogen) atoms. The number of alkyl carbamates (subject to hydrolysis) is 1. The molecule has 1 aliphatic rings. The monoisotopic (exact) mass is 340 g/mol. The second-order valence-electron chi connectivity index (χ2n) is 6.32. The molecule has 1 amide bonds. The Kier molecular flexibility index (Phi) is 4.61. The Morgan fingerprint density at radius 2 is 1.76 bits per heavy atom. The first-order valence-electron chi connectivity index (χ1n) is 8.06. The molecule has 6 nitrogen and oxygen atoms in total. The minimum atomic E-state index is -0.981. The fraction of sp³-hybridized carbons (Fsp3) is 0.263. The summed E-state index contributed by atoms with van der Waals surface area (Å²) in [6, 6.07) is 16.0. The summed E-state index contributed by atoms with van der Waals surface area (Å²) in [6.45, 7) is 0.182. The van der Waals surface area contributed by atoms with Crippen molar-refractivity contribution in [3.05, 3.63) is 65.7 Å². The van der Waals surface area contributed by atoms with E-state index in [4.69, 9.17) is 10.5 Å². The van der Waals surface area contributed by atoms with Crippen LogP contribution in [0, 0.1) is 0 Å². The van der Waals surface area contributed by atoms with E-state index in [2.05, 4.69) is 5.32 Å². The van der Waals surface area contributed by atoms with Gasteiger partial charge in [-0.15, -0.1) is 0 Å². The SMILES string of the molecule is Nc1ccc(C2(C(=O)O)CC(NC(=O)OCc3ccccc3)C2)cc1. The zero-order valence-electron chi connectivity index (χ0n) is 13.6. The van der Waals surface area contributed by atoms with E-state index in [0.717, 1.165) is 5.56 Å². The van der Waals surface area contributed by atoms with Gasteiger partial charge in [0.05, 0.1) is 5.41 Å². The molecule has 4 N–H and O–H groups in total. The Morgan fingerprint density at radius 1 is 1.12 bits per heavy atom. The summed E-state index contributed by atoms with van der Waals surface area (Å²) in [4.78, 5) is 23.6. The first kappa shape index (κ1) is 16.8. The number of hydrogen-bond donors (Lipinski definition) is 3. The molecule has 2 aromatic carbocycles. The van der Waals surface area contributed by atoms with Gasteiger partial charge in [0.15, 0.2) is 0 Å². The molecule has 0 heterocycles. The lowest BCUT2D eigenvalue weighted by atomic mass is 9.61. The number of carbonyl (C=O) groups is 2. The highest BCUT2D eigenvalue weighted by atomic mass is 16.5. The zero-order chi connectivity index (χ0) is 17.9. The standard InChI is InChI=1S/C19H20N2O4/c20-15-8-6-14(7-9-15)19(17(22)23)10-16(11-19)21-18(24)25-12-13-4-2-1-3-5-13/h1-9,16H,10-12,20H2,(H,21,24)(H,22,23). The number of ether oxygens (including phenoxy) is 1. The summed E-state index contributed by atoms with van der Waals surface area (Å²) in [7, 11) is 0. The number of carbonyl (C=O) groups excluding carboxylic acids is 1. The summed E-state index contributed by atoms with van der Waals surface area (Å²) in [5.74, 6) is -0.895. The minimum absolute atomic E-state index is 0.182. The molecule has 3 rings (SSSR count). The van der Waals surface area contributed by atoms with Gasteiger partial charge < -0.3 is 20.9 Å². The third-order valence-corrected chi connectivity index (χ3v) is 4.60. The lowest BCUT2D eigenvalue weighted by Gasteiger charge is -2.44. The predicted molar refractivity (Wildman–Crippen MR) is 93.0 cm³/mol. The molecule has 1 saturated carbocycles. The van der Waals surface area contributed by atoms with Crippen LogP contribution in [0.2, 0.25) is 0 Å². The molecular formula is C19H20N2O4.